The number of nitrogens with zero attached hydrogens (tertiary/aromatic N) is 1. The van der Waals surface area contributed by atoms with Crippen molar-refractivity contribution in [3.63, 3.8) is 0 Å². The Hall–Kier alpha value is -0.580. The highest BCUT2D eigenvalue weighted by Gasteiger charge is 2.26. The molecule has 3 rings (SSSR count). The van der Waals surface area contributed by atoms with Gasteiger partial charge in [0, 0.05) is 24.0 Å². The largest absolute Gasteiger partial charge is 0.336 e. The maximum Gasteiger partial charge on any atom is 0.263 e. The Labute approximate surface area is 124 Å². The van der Waals surface area contributed by atoms with Crippen LogP contribution >= 0.6 is 23.7 Å². The van der Waals surface area contributed by atoms with Crippen LogP contribution < -0.4 is 5.32 Å². The molecule has 1 atom stereocenters. The predicted octanol–water partition coefficient (Wildman–Crippen LogP) is 2.48. The number of rotatable bonds is 2. The van der Waals surface area contributed by atoms with E-state index in [4.69, 9.17) is 0 Å². The van der Waals surface area contributed by atoms with Gasteiger partial charge in [-0.3, -0.25) is 4.79 Å². The Balaban J connectivity index is 0.00000133. The maximum atomic E-state index is 12.5. The standard InChI is InChI=1S/C14H20N2OS.ClH/c1-15-11-5-3-7-16(9-11)14(17)13-8-10-4-2-6-12(10)18-13;/h8,11,15H,2-7,9H2,1H3;1H. The summed E-state index contributed by atoms with van der Waals surface area (Å²) in [6.07, 6.45) is 5.90. The monoisotopic (exact) mass is 300 g/mol. The fraction of sp³-hybridized carbons (Fsp3) is 0.643. The minimum Gasteiger partial charge on any atom is -0.336 e. The molecule has 2 aliphatic rings. The molecule has 1 aromatic heterocycles. The molecule has 1 aliphatic heterocycles. The van der Waals surface area contributed by atoms with E-state index in [1.807, 2.05) is 11.9 Å². The van der Waals surface area contributed by atoms with E-state index in [1.54, 1.807) is 11.3 Å². The zero-order chi connectivity index (χ0) is 12.5. The number of carbonyl (C=O) groups is 1. The Morgan fingerprint density at radius 2 is 2.26 bits per heavy atom. The number of hydrogen-bond donors (Lipinski definition) is 1. The zero-order valence-corrected chi connectivity index (χ0v) is 12.9. The molecule has 5 heteroatoms. The maximum absolute atomic E-state index is 12.5. The molecule has 1 N–H and O–H groups in total. The van der Waals surface area contributed by atoms with Crippen LogP contribution in [0, 0.1) is 0 Å². The molecule has 0 radical (unpaired) electrons. The number of amides is 1. The average Bonchev–Trinajstić information content (AvgIpc) is 2.98. The molecular formula is C14H21ClN2OS. The van der Waals surface area contributed by atoms with Gasteiger partial charge in [-0.05, 0) is 50.8 Å². The van der Waals surface area contributed by atoms with Crippen LogP contribution in [0.2, 0.25) is 0 Å². The van der Waals surface area contributed by atoms with Crippen LogP contribution in [0.15, 0.2) is 6.07 Å². The molecule has 1 unspecified atom stereocenters. The van der Waals surface area contributed by atoms with E-state index in [1.165, 1.54) is 29.7 Å². The van der Waals surface area contributed by atoms with Gasteiger partial charge in [-0.25, -0.2) is 0 Å². The number of piperidine rings is 1. The molecule has 1 amide bonds. The van der Waals surface area contributed by atoms with Crippen molar-refractivity contribution >= 4 is 29.7 Å². The Morgan fingerprint density at radius 3 is 3.00 bits per heavy atom. The molecule has 1 aromatic rings. The van der Waals surface area contributed by atoms with Crippen LogP contribution in [0.4, 0.5) is 0 Å². The van der Waals surface area contributed by atoms with Crippen molar-refractivity contribution in [1.29, 1.82) is 0 Å². The zero-order valence-electron chi connectivity index (χ0n) is 11.3. The predicted molar refractivity (Wildman–Crippen MR) is 81.6 cm³/mol. The van der Waals surface area contributed by atoms with E-state index in [0.29, 0.717) is 6.04 Å². The lowest BCUT2D eigenvalue weighted by Gasteiger charge is -2.32. The number of likely N-dealkylation sites (N-methyl/N-ethyl adjacent to an activating group) is 1. The van der Waals surface area contributed by atoms with Crippen molar-refractivity contribution in [2.45, 2.75) is 38.1 Å². The van der Waals surface area contributed by atoms with Crippen LogP contribution in [0.25, 0.3) is 0 Å². The molecule has 0 aromatic carbocycles. The van der Waals surface area contributed by atoms with Gasteiger partial charge in [0.2, 0.25) is 0 Å². The summed E-state index contributed by atoms with van der Waals surface area (Å²) < 4.78 is 0. The summed E-state index contributed by atoms with van der Waals surface area (Å²) in [7, 11) is 1.98. The van der Waals surface area contributed by atoms with Crippen LogP contribution in [-0.4, -0.2) is 37.0 Å². The van der Waals surface area contributed by atoms with E-state index < -0.39 is 0 Å². The first kappa shape index (κ1) is 14.8. The fourth-order valence-electron chi connectivity index (χ4n) is 2.99. The smallest absolute Gasteiger partial charge is 0.263 e. The van der Waals surface area contributed by atoms with Crippen molar-refractivity contribution in [2.24, 2.45) is 0 Å². The molecule has 19 heavy (non-hydrogen) atoms. The summed E-state index contributed by atoms with van der Waals surface area (Å²) >= 11 is 1.72. The van der Waals surface area contributed by atoms with Gasteiger partial charge < -0.3 is 10.2 Å². The first-order valence-electron chi connectivity index (χ1n) is 6.86. The van der Waals surface area contributed by atoms with E-state index in [2.05, 4.69) is 11.4 Å². The van der Waals surface area contributed by atoms with Crippen molar-refractivity contribution in [3.05, 3.63) is 21.4 Å². The molecule has 2 heterocycles. The summed E-state index contributed by atoms with van der Waals surface area (Å²) in [4.78, 5) is 16.9. The summed E-state index contributed by atoms with van der Waals surface area (Å²) in [6.45, 7) is 1.78. The summed E-state index contributed by atoms with van der Waals surface area (Å²) in [5, 5.41) is 3.29. The number of halogens is 1. The molecule has 1 saturated heterocycles. The van der Waals surface area contributed by atoms with Gasteiger partial charge in [-0.1, -0.05) is 0 Å². The Kier molecular flexibility index (Phi) is 4.87. The van der Waals surface area contributed by atoms with E-state index >= 15 is 0 Å². The molecule has 0 saturated carbocycles. The van der Waals surface area contributed by atoms with Crippen LogP contribution in [0.3, 0.4) is 0 Å². The summed E-state index contributed by atoms with van der Waals surface area (Å²) in [5.41, 5.74) is 1.42. The third kappa shape index (κ3) is 2.96. The fourth-order valence-corrected chi connectivity index (χ4v) is 4.21. The van der Waals surface area contributed by atoms with Gasteiger partial charge >= 0.3 is 0 Å². The lowest BCUT2D eigenvalue weighted by Crippen LogP contribution is -2.46. The lowest BCUT2D eigenvalue weighted by molar-refractivity contribution is 0.0703. The van der Waals surface area contributed by atoms with Crippen molar-refractivity contribution < 1.29 is 4.79 Å². The number of aryl methyl sites for hydroxylation is 2. The SMILES string of the molecule is CNC1CCCN(C(=O)c2cc3c(s2)CCC3)C1.Cl. The second kappa shape index (κ2) is 6.25. The van der Waals surface area contributed by atoms with Crippen LogP contribution in [0.5, 0.6) is 0 Å². The molecule has 1 fully saturated rings. The number of thiophene rings is 1. The molecule has 3 nitrogen and oxygen atoms in total. The first-order chi connectivity index (χ1) is 8.78. The minimum atomic E-state index is 0. The molecule has 106 valence electrons. The topological polar surface area (TPSA) is 32.3 Å². The Morgan fingerprint density at radius 1 is 1.42 bits per heavy atom. The van der Waals surface area contributed by atoms with Gasteiger partial charge in [0.15, 0.2) is 0 Å². The average molecular weight is 301 g/mol. The van der Waals surface area contributed by atoms with Crippen molar-refractivity contribution in [1.82, 2.24) is 10.2 Å². The number of hydrogen-bond acceptors (Lipinski definition) is 3. The van der Waals surface area contributed by atoms with Gasteiger partial charge in [-0.15, -0.1) is 23.7 Å². The summed E-state index contributed by atoms with van der Waals surface area (Å²) in [5.74, 6) is 0.245. The molecule has 0 bridgehead atoms. The highest BCUT2D eigenvalue weighted by atomic mass is 35.5. The van der Waals surface area contributed by atoms with Gasteiger partial charge in [0.05, 0.1) is 4.88 Å². The van der Waals surface area contributed by atoms with Gasteiger partial charge in [0.25, 0.3) is 5.91 Å². The number of carbonyl (C=O) groups excluding carboxylic acids is 1. The number of nitrogens with one attached hydrogen (secondary N) is 1. The van der Waals surface area contributed by atoms with Gasteiger partial charge in [0.1, 0.15) is 0 Å². The lowest BCUT2D eigenvalue weighted by atomic mass is 10.1. The highest BCUT2D eigenvalue weighted by Crippen LogP contribution is 2.31. The summed E-state index contributed by atoms with van der Waals surface area (Å²) in [6, 6.07) is 2.60. The first-order valence-corrected chi connectivity index (χ1v) is 7.67. The molecule has 1 aliphatic carbocycles. The third-order valence-corrected chi connectivity index (χ3v) is 5.30. The normalized spacial score (nSPS) is 21.9. The molecular weight excluding hydrogens is 280 g/mol. The minimum absolute atomic E-state index is 0. The van der Waals surface area contributed by atoms with Crippen LogP contribution in [-0.2, 0) is 12.8 Å². The second-order valence-electron chi connectivity index (χ2n) is 5.29. The number of likely N-dealkylation sites (tertiary alicyclic amines) is 1. The quantitative estimate of drug-likeness (QED) is 0.910. The Bertz CT molecular complexity index is 439. The second-order valence-corrected chi connectivity index (χ2v) is 6.43. The van der Waals surface area contributed by atoms with E-state index in [9.17, 15) is 4.79 Å². The van der Waals surface area contributed by atoms with Crippen molar-refractivity contribution in [3.8, 4) is 0 Å². The van der Waals surface area contributed by atoms with E-state index in [0.717, 1.165) is 30.8 Å². The van der Waals surface area contributed by atoms with Crippen molar-refractivity contribution in [2.75, 3.05) is 20.1 Å². The van der Waals surface area contributed by atoms with E-state index in [-0.39, 0.29) is 18.3 Å². The van der Waals surface area contributed by atoms with Gasteiger partial charge in [-0.2, -0.15) is 0 Å². The van der Waals surface area contributed by atoms with Crippen LogP contribution in [0.1, 0.15) is 39.4 Å². The highest BCUT2D eigenvalue weighted by molar-refractivity contribution is 7.14. The molecule has 0 spiro atoms. The third-order valence-electron chi connectivity index (χ3n) is 4.07. The number of fused-ring (bicyclic) bond motifs is 1.